The standard InChI is InChI=1S/C14H20BrFN2.ClH/c1-18(13-3-2-7-17-8-6-13)10-11-9-12(16)4-5-14(11)15;/h4-5,9,13,17H,2-3,6-8,10H2,1H3;1H. The summed E-state index contributed by atoms with van der Waals surface area (Å²) in [5, 5.41) is 3.42. The van der Waals surface area contributed by atoms with Crippen molar-refractivity contribution < 1.29 is 4.39 Å². The van der Waals surface area contributed by atoms with Crippen molar-refractivity contribution in [2.75, 3.05) is 20.1 Å². The Balaban J connectivity index is 0.00000180. The van der Waals surface area contributed by atoms with E-state index in [1.54, 1.807) is 12.1 Å². The second-order valence-corrected chi connectivity index (χ2v) is 5.84. The number of hydrogen-bond acceptors (Lipinski definition) is 2. The van der Waals surface area contributed by atoms with Crippen LogP contribution in [0.1, 0.15) is 24.8 Å². The van der Waals surface area contributed by atoms with Gasteiger partial charge in [0.1, 0.15) is 5.82 Å². The number of halogens is 3. The van der Waals surface area contributed by atoms with Crippen LogP contribution in [-0.2, 0) is 6.54 Å². The van der Waals surface area contributed by atoms with Crippen molar-refractivity contribution in [2.45, 2.75) is 31.8 Å². The summed E-state index contributed by atoms with van der Waals surface area (Å²) in [5.74, 6) is -0.163. The lowest BCUT2D eigenvalue weighted by Crippen LogP contribution is -2.32. The molecule has 1 heterocycles. The maximum Gasteiger partial charge on any atom is 0.123 e. The lowest BCUT2D eigenvalue weighted by Gasteiger charge is -2.27. The highest BCUT2D eigenvalue weighted by molar-refractivity contribution is 9.10. The molecule has 0 amide bonds. The van der Waals surface area contributed by atoms with Gasteiger partial charge in [-0.1, -0.05) is 15.9 Å². The molecule has 1 aromatic carbocycles. The molecule has 0 aliphatic carbocycles. The first-order valence-electron chi connectivity index (χ1n) is 6.51. The van der Waals surface area contributed by atoms with Crippen LogP contribution >= 0.6 is 28.3 Å². The molecule has 1 fully saturated rings. The van der Waals surface area contributed by atoms with Gasteiger partial charge in [0.2, 0.25) is 0 Å². The van der Waals surface area contributed by atoms with E-state index in [4.69, 9.17) is 0 Å². The molecule has 1 unspecified atom stereocenters. The van der Waals surface area contributed by atoms with E-state index >= 15 is 0 Å². The number of hydrogen-bond donors (Lipinski definition) is 1. The molecule has 0 spiro atoms. The molecule has 1 N–H and O–H groups in total. The maximum atomic E-state index is 13.3. The van der Waals surface area contributed by atoms with Gasteiger partial charge < -0.3 is 5.32 Å². The summed E-state index contributed by atoms with van der Waals surface area (Å²) < 4.78 is 14.2. The van der Waals surface area contributed by atoms with Gasteiger partial charge in [0, 0.05) is 17.1 Å². The van der Waals surface area contributed by atoms with Crippen LogP contribution in [0.25, 0.3) is 0 Å². The van der Waals surface area contributed by atoms with Gasteiger partial charge in [-0.3, -0.25) is 4.90 Å². The third-order valence-electron chi connectivity index (χ3n) is 3.60. The van der Waals surface area contributed by atoms with Gasteiger partial charge in [-0.25, -0.2) is 4.39 Å². The molecule has 0 saturated carbocycles. The molecular formula is C14H21BrClFN2. The highest BCUT2D eigenvalue weighted by atomic mass is 79.9. The molecule has 1 saturated heterocycles. The third-order valence-corrected chi connectivity index (χ3v) is 4.37. The van der Waals surface area contributed by atoms with Crippen molar-refractivity contribution in [3.8, 4) is 0 Å². The summed E-state index contributed by atoms with van der Waals surface area (Å²) in [7, 11) is 2.13. The minimum Gasteiger partial charge on any atom is -0.317 e. The van der Waals surface area contributed by atoms with Crippen molar-refractivity contribution in [3.05, 3.63) is 34.1 Å². The first-order chi connectivity index (χ1) is 8.66. The maximum absolute atomic E-state index is 13.3. The van der Waals surface area contributed by atoms with Gasteiger partial charge in [-0.15, -0.1) is 12.4 Å². The summed E-state index contributed by atoms with van der Waals surface area (Å²) in [4.78, 5) is 2.34. The van der Waals surface area contributed by atoms with Crippen LogP contribution < -0.4 is 5.32 Å². The first kappa shape index (κ1) is 16.9. The molecule has 0 bridgehead atoms. The van der Waals surface area contributed by atoms with E-state index in [1.807, 2.05) is 0 Å². The van der Waals surface area contributed by atoms with E-state index < -0.39 is 0 Å². The molecule has 0 aromatic heterocycles. The molecule has 1 aliphatic heterocycles. The SMILES string of the molecule is CN(Cc1cc(F)ccc1Br)C1CCCNCC1.Cl. The monoisotopic (exact) mass is 350 g/mol. The Morgan fingerprint density at radius 1 is 1.37 bits per heavy atom. The molecule has 1 aliphatic rings. The molecule has 1 atom stereocenters. The van der Waals surface area contributed by atoms with Crippen LogP contribution in [0.15, 0.2) is 22.7 Å². The fraction of sp³-hybridized carbons (Fsp3) is 0.571. The first-order valence-corrected chi connectivity index (χ1v) is 7.31. The highest BCUT2D eigenvalue weighted by Gasteiger charge is 2.17. The summed E-state index contributed by atoms with van der Waals surface area (Å²) >= 11 is 3.49. The Morgan fingerprint density at radius 2 is 2.16 bits per heavy atom. The summed E-state index contributed by atoms with van der Waals surface area (Å²) in [5.41, 5.74) is 1.02. The predicted molar refractivity (Wildman–Crippen MR) is 83.3 cm³/mol. The molecule has 1 aromatic rings. The van der Waals surface area contributed by atoms with Crippen LogP contribution in [0.3, 0.4) is 0 Å². The van der Waals surface area contributed by atoms with Gasteiger partial charge in [0.25, 0.3) is 0 Å². The van der Waals surface area contributed by atoms with Crippen LogP contribution in [0.4, 0.5) is 4.39 Å². The Labute approximate surface area is 129 Å². The van der Waals surface area contributed by atoms with Crippen LogP contribution in [-0.4, -0.2) is 31.1 Å². The Hall–Kier alpha value is -0.160. The summed E-state index contributed by atoms with van der Waals surface area (Å²) in [6.45, 7) is 3.00. The molecule has 108 valence electrons. The molecule has 2 nitrogen and oxygen atoms in total. The Bertz CT molecular complexity index is 395. The van der Waals surface area contributed by atoms with E-state index in [9.17, 15) is 4.39 Å². The van der Waals surface area contributed by atoms with E-state index in [0.29, 0.717) is 6.04 Å². The average Bonchev–Trinajstić information content (AvgIpc) is 2.62. The quantitative estimate of drug-likeness (QED) is 0.895. The van der Waals surface area contributed by atoms with Crippen molar-refractivity contribution in [3.63, 3.8) is 0 Å². The number of rotatable bonds is 3. The van der Waals surface area contributed by atoms with Crippen molar-refractivity contribution >= 4 is 28.3 Å². The van der Waals surface area contributed by atoms with Crippen LogP contribution in [0.5, 0.6) is 0 Å². The zero-order chi connectivity index (χ0) is 13.0. The molecule has 19 heavy (non-hydrogen) atoms. The number of nitrogens with one attached hydrogen (secondary N) is 1. The summed E-state index contributed by atoms with van der Waals surface area (Å²) in [6, 6.07) is 5.49. The zero-order valence-corrected chi connectivity index (χ0v) is 13.6. The fourth-order valence-electron chi connectivity index (χ4n) is 2.50. The average molecular weight is 352 g/mol. The minimum absolute atomic E-state index is 0. The van der Waals surface area contributed by atoms with E-state index in [0.717, 1.165) is 29.7 Å². The van der Waals surface area contributed by atoms with Gasteiger partial charge in [-0.2, -0.15) is 0 Å². The van der Waals surface area contributed by atoms with E-state index in [-0.39, 0.29) is 18.2 Å². The smallest absolute Gasteiger partial charge is 0.123 e. The zero-order valence-electron chi connectivity index (χ0n) is 11.2. The van der Waals surface area contributed by atoms with E-state index in [2.05, 4.69) is 33.2 Å². The topological polar surface area (TPSA) is 15.3 Å². The highest BCUT2D eigenvalue weighted by Crippen LogP contribution is 2.21. The minimum atomic E-state index is -0.163. The van der Waals surface area contributed by atoms with Gasteiger partial charge in [0.05, 0.1) is 0 Å². The van der Waals surface area contributed by atoms with Crippen molar-refractivity contribution in [1.82, 2.24) is 10.2 Å². The van der Waals surface area contributed by atoms with Gasteiger partial charge in [0.15, 0.2) is 0 Å². The second kappa shape index (κ2) is 8.20. The fourth-order valence-corrected chi connectivity index (χ4v) is 2.88. The number of nitrogens with zero attached hydrogens (tertiary/aromatic N) is 1. The molecule has 0 radical (unpaired) electrons. The third kappa shape index (κ3) is 5.03. The molecular weight excluding hydrogens is 331 g/mol. The van der Waals surface area contributed by atoms with Gasteiger partial charge >= 0.3 is 0 Å². The lowest BCUT2D eigenvalue weighted by atomic mass is 10.1. The normalized spacial score (nSPS) is 19.9. The summed E-state index contributed by atoms with van der Waals surface area (Å²) in [6.07, 6.45) is 3.61. The Kier molecular flexibility index (Phi) is 7.29. The van der Waals surface area contributed by atoms with Crippen molar-refractivity contribution in [1.29, 1.82) is 0 Å². The van der Waals surface area contributed by atoms with Crippen LogP contribution in [0, 0.1) is 5.82 Å². The second-order valence-electron chi connectivity index (χ2n) is 4.99. The largest absolute Gasteiger partial charge is 0.317 e. The Morgan fingerprint density at radius 3 is 2.95 bits per heavy atom. The molecule has 2 rings (SSSR count). The predicted octanol–water partition coefficient (Wildman–Crippen LogP) is 3.58. The van der Waals surface area contributed by atoms with Crippen LogP contribution in [0.2, 0.25) is 0 Å². The van der Waals surface area contributed by atoms with E-state index in [1.165, 1.54) is 25.3 Å². The number of benzene rings is 1. The lowest BCUT2D eigenvalue weighted by molar-refractivity contribution is 0.216. The van der Waals surface area contributed by atoms with Crippen molar-refractivity contribution in [2.24, 2.45) is 0 Å². The molecule has 5 heteroatoms. The van der Waals surface area contributed by atoms with Gasteiger partial charge in [-0.05, 0) is 63.2 Å².